The molecule has 4 rings (SSSR count). The number of hydrogen-bond donors (Lipinski definition) is 1. The average molecular weight is 418 g/mol. The van der Waals surface area contributed by atoms with E-state index < -0.39 is 16.4 Å². The fraction of sp³-hybridized carbons (Fsp3) is 0.455. The van der Waals surface area contributed by atoms with Crippen LogP contribution in [0.5, 0.6) is 5.75 Å². The van der Waals surface area contributed by atoms with E-state index in [2.05, 4.69) is 11.8 Å². The van der Waals surface area contributed by atoms with Gasteiger partial charge in [0.2, 0.25) is 0 Å². The molecule has 2 aromatic carbocycles. The van der Waals surface area contributed by atoms with Gasteiger partial charge in [-0.25, -0.2) is 4.18 Å². The highest BCUT2D eigenvalue weighted by molar-refractivity contribution is 7.86. The summed E-state index contributed by atoms with van der Waals surface area (Å²) in [4.78, 5) is 2.38. The molecule has 1 fully saturated rings. The number of phenolic OH excluding ortho intramolecular Hbond substituents is 1. The second-order valence-corrected chi connectivity index (χ2v) is 9.41. The molecular weight excluding hydrogens is 390 g/mol. The summed E-state index contributed by atoms with van der Waals surface area (Å²) >= 11 is 0. The van der Waals surface area contributed by atoms with Crippen LogP contribution in [-0.4, -0.2) is 43.8 Å². The molecule has 6 nitrogen and oxygen atoms in total. The summed E-state index contributed by atoms with van der Waals surface area (Å²) in [7, 11) is -3.94. The summed E-state index contributed by atoms with van der Waals surface area (Å²) in [5, 5.41) is 9.97. The average Bonchev–Trinajstić information content (AvgIpc) is 2.68. The lowest BCUT2D eigenvalue weighted by atomic mass is 9.84. The van der Waals surface area contributed by atoms with Crippen LogP contribution in [0.15, 0.2) is 47.4 Å². The second kappa shape index (κ2) is 8.07. The lowest BCUT2D eigenvalue weighted by Gasteiger charge is -2.47. The topological polar surface area (TPSA) is 76.1 Å². The van der Waals surface area contributed by atoms with Crippen LogP contribution in [0.3, 0.4) is 0 Å². The number of aromatic hydroxyl groups is 1. The van der Waals surface area contributed by atoms with E-state index in [1.807, 2.05) is 13.0 Å². The Kier molecular flexibility index (Phi) is 5.66. The van der Waals surface area contributed by atoms with E-state index in [0.717, 1.165) is 42.5 Å². The van der Waals surface area contributed by atoms with Crippen LogP contribution in [-0.2, 0) is 25.5 Å². The van der Waals surface area contributed by atoms with Crippen molar-refractivity contribution in [2.75, 3.05) is 13.1 Å². The maximum atomic E-state index is 12.8. The predicted octanol–water partition coefficient (Wildman–Crippen LogP) is 3.53. The van der Waals surface area contributed by atoms with Gasteiger partial charge in [0, 0.05) is 6.04 Å². The van der Waals surface area contributed by atoms with Gasteiger partial charge >= 0.3 is 0 Å². The van der Waals surface area contributed by atoms with Crippen LogP contribution < -0.4 is 0 Å². The van der Waals surface area contributed by atoms with Crippen molar-refractivity contribution < 1.29 is 22.4 Å². The lowest BCUT2D eigenvalue weighted by Crippen LogP contribution is -2.53. The smallest absolute Gasteiger partial charge is 0.299 e. The third-order valence-electron chi connectivity index (χ3n) is 5.70. The van der Waals surface area contributed by atoms with Crippen LogP contribution in [0.1, 0.15) is 42.6 Å². The number of fused-ring (bicyclic) bond motifs is 3. The molecule has 0 spiro atoms. The SMILES string of the molecule is CCCN1CC(OS(=O)(=O)c2ccc(C)cc2)O[C@@H]2c3cc(O)ccc3CCC21. The Morgan fingerprint density at radius 2 is 1.97 bits per heavy atom. The number of nitrogens with zero attached hydrogens (tertiary/aromatic N) is 1. The summed E-state index contributed by atoms with van der Waals surface area (Å²) < 4.78 is 37.2. The van der Waals surface area contributed by atoms with E-state index in [1.54, 1.807) is 36.4 Å². The minimum absolute atomic E-state index is 0.123. The fourth-order valence-electron chi connectivity index (χ4n) is 4.31. The summed E-state index contributed by atoms with van der Waals surface area (Å²) in [6, 6.07) is 12.1. The molecule has 156 valence electrons. The molecule has 1 aliphatic carbocycles. The molecular formula is C22H27NO5S. The van der Waals surface area contributed by atoms with Crippen molar-refractivity contribution in [1.82, 2.24) is 4.90 Å². The van der Waals surface area contributed by atoms with E-state index >= 15 is 0 Å². The Morgan fingerprint density at radius 1 is 1.21 bits per heavy atom. The first kappa shape index (κ1) is 20.3. The van der Waals surface area contributed by atoms with Crippen molar-refractivity contribution in [1.29, 1.82) is 0 Å². The monoisotopic (exact) mass is 417 g/mol. The molecule has 0 bridgehead atoms. The first-order chi connectivity index (χ1) is 13.9. The van der Waals surface area contributed by atoms with E-state index in [-0.39, 0.29) is 22.8 Å². The highest BCUT2D eigenvalue weighted by Crippen LogP contribution is 2.41. The summed E-state index contributed by atoms with van der Waals surface area (Å²) in [5.41, 5.74) is 3.03. The van der Waals surface area contributed by atoms with Crippen LogP contribution in [0, 0.1) is 6.92 Å². The Hall–Kier alpha value is -1.93. The third kappa shape index (κ3) is 4.19. The van der Waals surface area contributed by atoms with Gasteiger partial charge in [-0.1, -0.05) is 30.7 Å². The van der Waals surface area contributed by atoms with Gasteiger partial charge in [-0.15, -0.1) is 0 Å². The molecule has 2 aliphatic rings. The van der Waals surface area contributed by atoms with Gasteiger partial charge in [-0.05, 0) is 68.1 Å². The van der Waals surface area contributed by atoms with E-state index in [0.29, 0.717) is 6.54 Å². The normalized spacial score (nSPS) is 24.7. The van der Waals surface area contributed by atoms with Gasteiger partial charge in [0.15, 0.2) is 6.29 Å². The first-order valence-corrected chi connectivity index (χ1v) is 11.5. The zero-order chi connectivity index (χ0) is 20.6. The van der Waals surface area contributed by atoms with Crippen molar-refractivity contribution in [3.8, 4) is 5.75 Å². The number of hydrogen-bond acceptors (Lipinski definition) is 6. The number of morpholine rings is 1. The van der Waals surface area contributed by atoms with Crippen molar-refractivity contribution in [2.24, 2.45) is 0 Å². The maximum absolute atomic E-state index is 12.8. The van der Waals surface area contributed by atoms with Crippen molar-refractivity contribution >= 4 is 10.1 Å². The Bertz CT molecular complexity index is 973. The number of aryl methyl sites for hydroxylation is 2. The van der Waals surface area contributed by atoms with E-state index in [9.17, 15) is 13.5 Å². The van der Waals surface area contributed by atoms with Gasteiger partial charge in [0.05, 0.1) is 11.4 Å². The fourth-order valence-corrected chi connectivity index (χ4v) is 5.28. The molecule has 0 saturated carbocycles. The van der Waals surface area contributed by atoms with Gasteiger partial charge in [-0.3, -0.25) is 4.90 Å². The van der Waals surface area contributed by atoms with Gasteiger partial charge < -0.3 is 9.84 Å². The highest BCUT2D eigenvalue weighted by Gasteiger charge is 2.42. The second-order valence-electron chi connectivity index (χ2n) is 7.83. The quantitative estimate of drug-likeness (QED) is 0.750. The molecule has 1 heterocycles. The molecule has 1 aliphatic heterocycles. The van der Waals surface area contributed by atoms with Crippen molar-refractivity contribution in [3.63, 3.8) is 0 Å². The van der Waals surface area contributed by atoms with Crippen LogP contribution in [0.25, 0.3) is 0 Å². The molecule has 29 heavy (non-hydrogen) atoms. The summed E-state index contributed by atoms with van der Waals surface area (Å²) in [6.45, 7) is 5.24. The largest absolute Gasteiger partial charge is 0.508 e. The predicted molar refractivity (Wildman–Crippen MR) is 109 cm³/mol. The minimum atomic E-state index is -3.94. The summed E-state index contributed by atoms with van der Waals surface area (Å²) in [5.74, 6) is 0.186. The summed E-state index contributed by atoms with van der Waals surface area (Å²) in [6.07, 6.45) is 1.56. The van der Waals surface area contributed by atoms with E-state index in [4.69, 9.17) is 8.92 Å². The molecule has 1 N–H and O–H groups in total. The molecule has 0 amide bonds. The lowest BCUT2D eigenvalue weighted by molar-refractivity contribution is -0.197. The van der Waals surface area contributed by atoms with Gasteiger partial charge in [0.25, 0.3) is 10.1 Å². The first-order valence-electron chi connectivity index (χ1n) is 10.1. The molecule has 7 heteroatoms. The molecule has 2 unspecified atom stereocenters. The highest BCUT2D eigenvalue weighted by atomic mass is 32.2. The molecule has 2 aromatic rings. The van der Waals surface area contributed by atoms with Crippen molar-refractivity contribution in [2.45, 2.75) is 56.4 Å². The van der Waals surface area contributed by atoms with Gasteiger partial charge in [-0.2, -0.15) is 8.42 Å². The molecule has 0 radical (unpaired) electrons. The maximum Gasteiger partial charge on any atom is 0.299 e. The molecule has 3 atom stereocenters. The number of rotatable bonds is 5. The number of ether oxygens (including phenoxy) is 1. The van der Waals surface area contributed by atoms with Crippen LogP contribution in [0.2, 0.25) is 0 Å². The van der Waals surface area contributed by atoms with Crippen LogP contribution in [0.4, 0.5) is 0 Å². The zero-order valence-corrected chi connectivity index (χ0v) is 17.6. The van der Waals surface area contributed by atoms with Gasteiger partial charge in [0.1, 0.15) is 11.9 Å². The standard InChI is InChI=1S/C22H27NO5S/c1-3-12-23-14-21(28-29(25,26)18-9-4-15(2)5-10-18)27-22-19-13-17(24)8-6-16(19)7-11-20(22)23/h4-6,8-10,13,20-22,24H,3,7,11-12,14H2,1-2H3/t20?,21?,22-/m1/s1. The zero-order valence-electron chi connectivity index (χ0n) is 16.7. The Morgan fingerprint density at radius 3 is 2.69 bits per heavy atom. The Balaban J connectivity index is 1.61. The minimum Gasteiger partial charge on any atom is -0.508 e. The van der Waals surface area contributed by atoms with Crippen LogP contribution >= 0.6 is 0 Å². The van der Waals surface area contributed by atoms with E-state index in [1.165, 1.54) is 0 Å². The Labute approximate surface area is 172 Å². The third-order valence-corrected chi connectivity index (χ3v) is 7.02. The van der Waals surface area contributed by atoms with Crippen molar-refractivity contribution in [3.05, 3.63) is 59.2 Å². The molecule has 1 saturated heterocycles. The number of benzene rings is 2. The molecule has 0 aromatic heterocycles. The number of phenols is 1.